The Morgan fingerprint density at radius 3 is 2.10 bits per heavy atom. The molecule has 2 aromatic rings. The molecule has 0 aromatic heterocycles. The van der Waals surface area contributed by atoms with Gasteiger partial charge in [-0.25, -0.2) is 0 Å². The predicted molar refractivity (Wildman–Crippen MR) is 225 cm³/mol. The largest absolute Gasteiger partial charge is 0.477 e. The number of esters is 2. The van der Waals surface area contributed by atoms with Crippen molar-refractivity contribution in [3.05, 3.63) is 71.8 Å². The number of hydrogen-bond donors (Lipinski definition) is 1. The summed E-state index contributed by atoms with van der Waals surface area (Å²) in [5, 5.41) is 12.5. The number of carbonyl (C=O) groups excluding carboxylic acids is 4. The Morgan fingerprint density at radius 1 is 0.885 bits per heavy atom. The molecule has 2 aromatic carbocycles. The number of ketones is 2. The Balaban J connectivity index is 0.897. The summed E-state index contributed by atoms with van der Waals surface area (Å²) < 4.78 is 32.1. The van der Waals surface area contributed by atoms with E-state index < -0.39 is 51.6 Å². The van der Waals surface area contributed by atoms with E-state index in [1.165, 1.54) is 0 Å². The molecule has 8 aliphatic rings. The maximum atomic E-state index is 14.0. The number of ether oxygens (including phenoxy) is 5. The van der Waals surface area contributed by atoms with Crippen molar-refractivity contribution in [2.24, 2.45) is 23.2 Å². The summed E-state index contributed by atoms with van der Waals surface area (Å²) in [6, 6.07) is 7.32. The van der Waals surface area contributed by atoms with Gasteiger partial charge in [-0.3, -0.25) is 24.1 Å². The van der Waals surface area contributed by atoms with Gasteiger partial charge in [0.15, 0.2) is 46.8 Å². The van der Waals surface area contributed by atoms with Gasteiger partial charge in [-0.2, -0.15) is 0 Å². The van der Waals surface area contributed by atoms with E-state index in [2.05, 4.69) is 25.0 Å². The Kier molecular flexibility index (Phi) is 9.41. The number of rotatable bonds is 12. The number of methoxy groups -OCH3 is 1. The van der Waals surface area contributed by atoms with Gasteiger partial charge in [0.25, 0.3) is 0 Å². The van der Waals surface area contributed by atoms with Gasteiger partial charge in [0.1, 0.15) is 0 Å². The van der Waals surface area contributed by atoms with E-state index in [9.17, 15) is 24.3 Å². The van der Waals surface area contributed by atoms with Crippen molar-refractivity contribution in [2.75, 3.05) is 20.2 Å². The van der Waals surface area contributed by atoms with E-state index in [4.69, 9.17) is 23.7 Å². The standard InChI is InChI=1S/C50H59NO10/c1-7-10-29-15-18-48-41-30-11-13-36(43(41)61-45(48)34(53)17-20-50(48,57-6)32(24-30)28(29)4)59-39(55)27-46(5,9-3)26-38(54)58-35-14-12-31-25-37-49(56)19-16-33(52)44-47(49,40(31)42(35)60-44)21-23-51(37)22-8-2/h7-8,11-14,28-29,32,37,44-45,56H,1-2,9-10,15-27H2,3-6H3/t28?,29?,32-,37+,44-,45-,46?,47?,48-,49+,50+/m0/s1. The fourth-order valence-electron chi connectivity index (χ4n) is 14.4. The third-order valence-corrected chi connectivity index (χ3v) is 17.4. The summed E-state index contributed by atoms with van der Waals surface area (Å²) in [6.07, 6.45) is 8.61. The number of benzene rings is 2. The van der Waals surface area contributed by atoms with Crippen molar-refractivity contribution < 1.29 is 48.0 Å². The Labute approximate surface area is 358 Å². The third kappa shape index (κ3) is 5.32. The molecule has 4 bridgehead atoms. The van der Waals surface area contributed by atoms with Crippen LogP contribution >= 0.6 is 0 Å². The summed E-state index contributed by atoms with van der Waals surface area (Å²) in [4.78, 5) is 57.5. The molecule has 324 valence electrons. The summed E-state index contributed by atoms with van der Waals surface area (Å²) >= 11 is 0. The topological polar surface area (TPSA) is 138 Å². The molecule has 11 heteroatoms. The van der Waals surface area contributed by atoms with Gasteiger partial charge in [-0.15, -0.1) is 13.2 Å². The number of hydrogen-bond acceptors (Lipinski definition) is 11. The maximum absolute atomic E-state index is 14.0. The van der Waals surface area contributed by atoms with Crippen LogP contribution in [-0.4, -0.2) is 83.2 Å². The molecule has 11 atom stereocenters. The Morgan fingerprint density at radius 2 is 1.49 bits per heavy atom. The molecule has 1 saturated heterocycles. The molecule has 3 heterocycles. The zero-order chi connectivity index (χ0) is 42.9. The van der Waals surface area contributed by atoms with Gasteiger partial charge in [0, 0.05) is 50.2 Å². The van der Waals surface area contributed by atoms with Crippen LogP contribution in [0, 0.1) is 23.2 Å². The summed E-state index contributed by atoms with van der Waals surface area (Å²) in [7, 11) is 1.79. The molecular formula is C50H59NO10. The SMILES string of the molecule is C=CCC1CC[C@]23c4c5ccc(OC(=O)CC(C)(CC)CC(=O)Oc6ccc7c8c6O[C@H]6C(=O)CC[C@@]9(O)[C@@H](C7)N(CC=C)CCC869)c4O[C@H]2C(=O)CC[C@@]3(OC)[C@@H](C5)C1C. The first kappa shape index (κ1) is 40.7. The molecule has 5 aliphatic carbocycles. The minimum atomic E-state index is -1.18. The van der Waals surface area contributed by atoms with Crippen LogP contribution in [0.2, 0.25) is 0 Å². The van der Waals surface area contributed by atoms with E-state index in [1.54, 1.807) is 19.2 Å². The molecule has 0 radical (unpaired) electrons. The van der Waals surface area contributed by atoms with Gasteiger partial charge in [-0.05, 0) is 104 Å². The number of piperidine rings is 1. The van der Waals surface area contributed by atoms with Crippen LogP contribution in [0.5, 0.6) is 23.0 Å². The van der Waals surface area contributed by atoms with E-state index in [-0.39, 0.29) is 54.3 Å². The highest BCUT2D eigenvalue weighted by Gasteiger charge is 2.74. The van der Waals surface area contributed by atoms with E-state index >= 15 is 0 Å². The number of aliphatic hydroxyl groups is 1. The molecule has 61 heavy (non-hydrogen) atoms. The normalized spacial score (nSPS) is 36.9. The molecule has 3 aliphatic heterocycles. The van der Waals surface area contributed by atoms with Crippen LogP contribution in [0.15, 0.2) is 49.6 Å². The predicted octanol–water partition coefficient (Wildman–Crippen LogP) is 6.84. The van der Waals surface area contributed by atoms with Gasteiger partial charge < -0.3 is 28.8 Å². The van der Waals surface area contributed by atoms with E-state index in [0.717, 1.165) is 47.9 Å². The van der Waals surface area contributed by atoms with E-state index in [1.807, 2.05) is 38.1 Å². The highest BCUT2D eigenvalue weighted by atomic mass is 16.6. The zero-order valence-electron chi connectivity index (χ0n) is 36.0. The quantitative estimate of drug-likeness (QED) is 0.137. The number of likely N-dealkylation sites (tertiary alicyclic amines) is 1. The van der Waals surface area contributed by atoms with Gasteiger partial charge in [-0.1, -0.05) is 45.1 Å². The van der Waals surface area contributed by atoms with Crippen molar-refractivity contribution in [3.63, 3.8) is 0 Å². The fourth-order valence-corrected chi connectivity index (χ4v) is 14.4. The summed E-state index contributed by atoms with van der Waals surface area (Å²) in [5.41, 5.74) is -0.333. The lowest BCUT2D eigenvalue weighted by Crippen LogP contribution is -2.76. The lowest BCUT2D eigenvalue weighted by Gasteiger charge is -2.62. The van der Waals surface area contributed by atoms with Crippen LogP contribution in [0.3, 0.4) is 0 Å². The monoisotopic (exact) mass is 833 g/mol. The van der Waals surface area contributed by atoms with Crippen molar-refractivity contribution in [2.45, 2.75) is 145 Å². The zero-order valence-corrected chi connectivity index (χ0v) is 36.0. The lowest BCUT2D eigenvalue weighted by atomic mass is 9.48. The molecule has 0 amide bonds. The maximum Gasteiger partial charge on any atom is 0.311 e. The summed E-state index contributed by atoms with van der Waals surface area (Å²) in [6.45, 7) is 15.4. The first-order valence-electron chi connectivity index (χ1n) is 22.6. The van der Waals surface area contributed by atoms with E-state index in [0.29, 0.717) is 74.9 Å². The highest BCUT2D eigenvalue weighted by molar-refractivity contribution is 5.91. The van der Waals surface area contributed by atoms with Crippen LogP contribution < -0.4 is 18.9 Å². The van der Waals surface area contributed by atoms with Gasteiger partial charge in [0.05, 0.1) is 34.9 Å². The molecule has 4 unspecified atom stereocenters. The van der Waals surface area contributed by atoms with Crippen molar-refractivity contribution in [1.82, 2.24) is 4.90 Å². The second-order valence-corrected chi connectivity index (χ2v) is 20.0. The van der Waals surface area contributed by atoms with Crippen LogP contribution in [0.4, 0.5) is 0 Å². The van der Waals surface area contributed by atoms with Gasteiger partial charge >= 0.3 is 11.9 Å². The Hall–Kier alpha value is -4.32. The first-order valence-corrected chi connectivity index (χ1v) is 22.6. The Bertz CT molecular complexity index is 2270. The van der Waals surface area contributed by atoms with Crippen molar-refractivity contribution in [3.8, 4) is 23.0 Å². The number of carbonyl (C=O) groups is 4. The second-order valence-electron chi connectivity index (χ2n) is 20.0. The number of Topliss-reactive ketones (excluding diaryl/α,β-unsaturated/α-hetero) is 2. The highest BCUT2D eigenvalue weighted by Crippen LogP contribution is 2.69. The van der Waals surface area contributed by atoms with Gasteiger partial charge in [0.2, 0.25) is 0 Å². The molecule has 1 N–H and O–H groups in total. The summed E-state index contributed by atoms with van der Waals surface area (Å²) in [5.74, 6) is 1.22. The smallest absolute Gasteiger partial charge is 0.311 e. The van der Waals surface area contributed by atoms with Crippen LogP contribution in [0.25, 0.3) is 0 Å². The number of allylic oxidation sites excluding steroid dienone is 1. The molecular weight excluding hydrogens is 775 g/mol. The third-order valence-electron chi connectivity index (χ3n) is 17.4. The number of nitrogens with zero attached hydrogens (tertiary/aromatic N) is 1. The molecule has 2 spiro atoms. The minimum absolute atomic E-state index is 0.0462. The van der Waals surface area contributed by atoms with Crippen molar-refractivity contribution >= 4 is 23.5 Å². The molecule has 3 saturated carbocycles. The lowest BCUT2D eigenvalue weighted by molar-refractivity contribution is -0.187. The fraction of sp³-hybridized carbons (Fsp3) is 0.600. The molecule has 11 nitrogen and oxygen atoms in total. The molecule has 4 fully saturated rings. The average Bonchev–Trinajstić information content (AvgIpc) is 3.77. The first-order chi connectivity index (χ1) is 29.2. The second kappa shape index (κ2) is 14.1. The van der Waals surface area contributed by atoms with Crippen LogP contribution in [0.1, 0.15) is 114 Å². The average molecular weight is 834 g/mol. The molecule has 10 rings (SSSR count). The van der Waals surface area contributed by atoms with Crippen LogP contribution in [-0.2, 0) is 47.6 Å². The minimum Gasteiger partial charge on any atom is -0.477 e. The van der Waals surface area contributed by atoms with Crippen molar-refractivity contribution in [1.29, 1.82) is 0 Å².